The summed E-state index contributed by atoms with van der Waals surface area (Å²) in [6.45, 7) is 0. The molecule has 0 N–H and O–H groups in total. The van der Waals surface area contributed by atoms with Gasteiger partial charge in [-0.15, -0.1) is 47.3 Å². The summed E-state index contributed by atoms with van der Waals surface area (Å²) in [6.07, 6.45) is 2.09. The monoisotopic (exact) mass is 260 g/mol. The molecule has 1 heterocycles. The smallest absolute Gasteiger partial charge is 0.0608 e. The van der Waals surface area contributed by atoms with E-state index in [1.807, 2.05) is 0 Å². The van der Waals surface area contributed by atoms with E-state index in [1.165, 1.54) is 14.3 Å². The summed E-state index contributed by atoms with van der Waals surface area (Å²) in [6, 6.07) is 6.36. The Labute approximate surface area is 102 Å². The molecule has 0 radical (unpaired) electrons. The van der Waals surface area contributed by atoms with Gasteiger partial charge in [0, 0.05) is 20.9 Å². The number of thiophene rings is 1. The molecule has 74 valence electrons. The van der Waals surface area contributed by atoms with Crippen LogP contribution in [-0.4, -0.2) is 6.26 Å². The summed E-state index contributed by atoms with van der Waals surface area (Å²) < 4.78 is 2.61. The Bertz CT molecular complexity index is 462. The van der Waals surface area contributed by atoms with Crippen LogP contribution in [0.2, 0.25) is 0 Å². The van der Waals surface area contributed by atoms with Crippen molar-refractivity contribution in [3.63, 3.8) is 0 Å². The summed E-state index contributed by atoms with van der Waals surface area (Å²) in [5.74, 6) is 0.527. The molecular formula is C10H9ClS3. The lowest BCUT2D eigenvalue weighted by Gasteiger charge is -2.00. The Balaban J connectivity index is 2.68. The van der Waals surface area contributed by atoms with Gasteiger partial charge in [0.15, 0.2) is 0 Å². The van der Waals surface area contributed by atoms with Crippen LogP contribution in [0.15, 0.2) is 27.3 Å². The maximum Gasteiger partial charge on any atom is 0.0608 e. The molecule has 4 heteroatoms. The van der Waals surface area contributed by atoms with E-state index in [0.29, 0.717) is 5.88 Å². The van der Waals surface area contributed by atoms with E-state index in [4.69, 9.17) is 11.6 Å². The van der Waals surface area contributed by atoms with Crippen molar-refractivity contribution < 1.29 is 0 Å². The molecule has 0 unspecified atom stereocenters. The van der Waals surface area contributed by atoms with Crippen LogP contribution in [0, 0.1) is 0 Å². The molecule has 0 aliphatic rings. The molecule has 0 aliphatic carbocycles. The number of hydrogen-bond donors (Lipinski definition) is 1. The van der Waals surface area contributed by atoms with Crippen LogP contribution < -0.4 is 0 Å². The Morgan fingerprint density at radius 1 is 1.50 bits per heavy atom. The summed E-state index contributed by atoms with van der Waals surface area (Å²) in [5, 5.41) is 1.22. The van der Waals surface area contributed by atoms with E-state index in [-0.39, 0.29) is 0 Å². The maximum absolute atomic E-state index is 5.82. The van der Waals surface area contributed by atoms with Gasteiger partial charge in [-0.05, 0) is 24.0 Å². The van der Waals surface area contributed by atoms with Crippen LogP contribution in [0.5, 0.6) is 0 Å². The predicted molar refractivity (Wildman–Crippen MR) is 70.4 cm³/mol. The zero-order valence-corrected chi connectivity index (χ0v) is 10.9. The fourth-order valence-corrected chi connectivity index (χ4v) is 3.70. The number of thiol groups is 1. The SMILES string of the molecule is CSc1cc2c(S)c(CCl)ccc2s1. The Hall–Kier alpha value is 0.170. The van der Waals surface area contributed by atoms with Crippen LogP contribution >= 0.6 is 47.3 Å². The van der Waals surface area contributed by atoms with Crippen molar-refractivity contribution in [3.8, 4) is 0 Å². The maximum atomic E-state index is 5.82. The van der Waals surface area contributed by atoms with E-state index >= 15 is 0 Å². The highest BCUT2D eigenvalue weighted by molar-refractivity contribution is 8.00. The van der Waals surface area contributed by atoms with Crippen molar-refractivity contribution >= 4 is 57.4 Å². The minimum absolute atomic E-state index is 0.527. The summed E-state index contributed by atoms with van der Waals surface area (Å²) >= 11 is 13.9. The van der Waals surface area contributed by atoms with Gasteiger partial charge in [-0.1, -0.05) is 6.07 Å². The lowest BCUT2D eigenvalue weighted by molar-refractivity contribution is 1.31. The van der Waals surface area contributed by atoms with Gasteiger partial charge >= 0.3 is 0 Å². The highest BCUT2D eigenvalue weighted by Gasteiger charge is 2.07. The molecule has 0 bridgehead atoms. The first kappa shape index (κ1) is 10.7. The predicted octanol–water partition coefficient (Wildman–Crippen LogP) is 4.65. The number of thioether (sulfide) groups is 1. The average Bonchev–Trinajstić information content (AvgIpc) is 2.62. The van der Waals surface area contributed by atoms with Gasteiger partial charge in [0.05, 0.1) is 4.21 Å². The van der Waals surface area contributed by atoms with Crippen molar-refractivity contribution in [1.29, 1.82) is 0 Å². The second kappa shape index (κ2) is 4.35. The Kier molecular flexibility index (Phi) is 3.32. The molecule has 2 rings (SSSR count). The summed E-state index contributed by atoms with van der Waals surface area (Å²) in [5.41, 5.74) is 1.10. The lowest BCUT2D eigenvalue weighted by Crippen LogP contribution is -1.79. The van der Waals surface area contributed by atoms with Gasteiger partial charge in [-0.25, -0.2) is 0 Å². The normalized spacial score (nSPS) is 11.1. The van der Waals surface area contributed by atoms with Crippen molar-refractivity contribution in [2.45, 2.75) is 15.0 Å². The van der Waals surface area contributed by atoms with E-state index < -0.39 is 0 Å². The number of benzene rings is 1. The molecule has 0 nitrogen and oxygen atoms in total. The first-order chi connectivity index (χ1) is 6.76. The third-order valence-electron chi connectivity index (χ3n) is 2.08. The van der Waals surface area contributed by atoms with Crippen LogP contribution in [0.4, 0.5) is 0 Å². The second-order valence-electron chi connectivity index (χ2n) is 2.89. The molecule has 0 aliphatic heterocycles. The zero-order valence-electron chi connectivity index (χ0n) is 7.58. The van der Waals surface area contributed by atoms with Crippen LogP contribution in [0.3, 0.4) is 0 Å². The molecular weight excluding hydrogens is 252 g/mol. The van der Waals surface area contributed by atoms with Crippen LogP contribution in [-0.2, 0) is 5.88 Å². The number of alkyl halides is 1. The first-order valence-electron chi connectivity index (χ1n) is 4.10. The second-order valence-corrected chi connectivity index (χ2v) is 5.79. The van der Waals surface area contributed by atoms with Crippen molar-refractivity contribution in [2.75, 3.05) is 6.26 Å². The first-order valence-corrected chi connectivity index (χ1v) is 7.13. The van der Waals surface area contributed by atoms with Gasteiger partial charge in [0.1, 0.15) is 0 Å². The molecule has 1 aromatic heterocycles. The number of hydrogen-bond acceptors (Lipinski definition) is 3. The van der Waals surface area contributed by atoms with E-state index in [9.17, 15) is 0 Å². The quantitative estimate of drug-likeness (QED) is 0.466. The average molecular weight is 261 g/mol. The Morgan fingerprint density at radius 3 is 2.93 bits per heavy atom. The fraction of sp³-hybridized carbons (Fsp3) is 0.200. The largest absolute Gasteiger partial charge is 0.142 e. The summed E-state index contributed by atoms with van der Waals surface area (Å²) in [7, 11) is 0. The molecule has 14 heavy (non-hydrogen) atoms. The molecule has 1 aromatic carbocycles. The number of rotatable bonds is 2. The van der Waals surface area contributed by atoms with Crippen LogP contribution in [0.25, 0.3) is 10.1 Å². The third kappa shape index (κ3) is 1.78. The van der Waals surface area contributed by atoms with E-state index in [1.54, 1.807) is 23.1 Å². The molecule has 0 amide bonds. The van der Waals surface area contributed by atoms with E-state index in [2.05, 4.69) is 37.1 Å². The minimum Gasteiger partial charge on any atom is -0.142 e. The standard InChI is InChI=1S/C10H9ClS3/c1-13-9-4-7-8(14-9)3-2-6(5-11)10(7)12/h2-4,12H,5H2,1H3. The van der Waals surface area contributed by atoms with Gasteiger partial charge in [-0.2, -0.15) is 0 Å². The minimum atomic E-state index is 0.527. The third-order valence-corrected chi connectivity index (χ3v) is 5.06. The fourth-order valence-electron chi connectivity index (χ4n) is 1.33. The van der Waals surface area contributed by atoms with Crippen molar-refractivity contribution in [2.24, 2.45) is 0 Å². The number of halogens is 1. The molecule has 0 atom stereocenters. The lowest BCUT2D eigenvalue weighted by atomic mass is 10.2. The molecule has 0 fully saturated rings. The van der Waals surface area contributed by atoms with E-state index in [0.717, 1.165) is 10.5 Å². The Morgan fingerprint density at radius 2 is 2.29 bits per heavy atom. The number of fused-ring (bicyclic) bond motifs is 1. The zero-order chi connectivity index (χ0) is 10.1. The van der Waals surface area contributed by atoms with Crippen LogP contribution in [0.1, 0.15) is 5.56 Å². The molecule has 2 aromatic rings. The topological polar surface area (TPSA) is 0 Å². The summed E-state index contributed by atoms with van der Waals surface area (Å²) in [4.78, 5) is 1.02. The van der Waals surface area contributed by atoms with Crippen molar-refractivity contribution in [1.82, 2.24) is 0 Å². The molecule has 0 saturated heterocycles. The highest BCUT2D eigenvalue weighted by atomic mass is 35.5. The van der Waals surface area contributed by atoms with Gasteiger partial charge in [-0.3, -0.25) is 0 Å². The van der Waals surface area contributed by atoms with Gasteiger partial charge < -0.3 is 0 Å². The van der Waals surface area contributed by atoms with Gasteiger partial charge in [0.2, 0.25) is 0 Å². The molecule has 0 saturated carbocycles. The van der Waals surface area contributed by atoms with Gasteiger partial charge in [0.25, 0.3) is 0 Å². The highest BCUT2D eigenvalue weighted by Crippen LogP contribution is 2.36. The molecule has 0 spiro atoms. The van der Waals surface area contributed by atoms with Crippen molar-refractivity contribution in [3.05, 3.63) is 23.8 Å².